The second-order valence-electron chi connectivity index (χ2n) is 5.22. The fraction of sp³-hybridized carbons (Fsp3) is 0.312. The Bertz CT molecular complexity index is 687. The Balaban J connectivity index is 1.54. The number of fused-ring (bicyclic) bond motifs is 1. The molecule has 22 heavy (non-hydrogen) atoms. The Morgan fingerprint density at radius 3 is 3.05 bits per heavy atom. The van der Waals surface area contributed by atoms with Gasteiger partial charge in [0.25, 0.3) is 0 Å². The highest BCUT2D eigenvalue weighted by Gasteiger charge is 2.15. The maximum Gasteiger partial charge on any atom is 0.315 e. The molecule has 3 rings (SSSR count). The fourth-order valence-corrected chi connectivity index (χ4v) is 3.45. The van der Waals surface area contributed by atoms with Crippen molar-refractivity contribution in [2.75, 3.05) is 6.61 Å². The fourth-order valence-electron chi connectivity index (χ4n) is 2.42. The van der Waals surface area contributed by atoms with Crippen molar-refractivity contribution in [1.29, 1.82) is 0 Å². The van der Waals surface area contributed by atoms with Crippen LogP contribution >= 0.6 is 22.9 Å². The van der Waals surface area contributed by atoms with Crippen molar-refractivity contribution in [2.24, 2.45) is 0 Å². The van der Waals surface area contributed by atoms with Crippen molar-refractivity contribution in [3.8, 4) is 5.75 Å². The number of amides is 2. The van der Waals surface area contributed by atoms with Crippen LogP contribution in [-0.4, -0.2) is 12.6 Å². The Labute approximate surface area is 138 Å². The first-order valence-electron chi connectivity index (χ1n) is 7.16. The average Bonchev–Trinajstić information content (AvgIpc) is 3.12. The minimum Gasteiger partial charge on any atom is -0.493 e. The topological polar surface area (TPSA) is 50.4 Å². The third-order valence-electron chi connectivity index (χ3n) is 3.61. The van der Waals surface area contributed by atoms with E-state index in [4.69, 9.17) is 16.3 Å². The summed E-state index contributed by atoms with van der Waals surface area (Å²) >= 11 is 7.33. The lowest BCUT2D eigenvalue weighted by molar-refractivity contribution is 0.237. The highest BCUT2D eigenvalue weighted by atomic mass is 35.5. The number of ether oxygens (including phenoxy) is 1. The normalized spacial score (nSPS) is 14.1. The zero-order valence-electron chi connectivity index (χ0n) is 12.2. The van der Waals surface area contributed by atoms with E-state index in [1.54, 1.807) is 0 Å². The first kappa shape index (κ1) is 15.2. The van der Waals surface area contributed by atoms with Crippen LogP contribution in [0.5, 0.6) is 5.75 Å². The molecule has 2 heterocycles. The Kier molecular flexibility index (Phi) is 4.55. The van der Waals surface area contributed by atoms with Gasteiger partial charge in [-0.2, -0.15) is 0 Å². The third kappa shape index (κ3) is 3.54. The van der Waals surface area contributed by atoms with E-state index in [1.807, 2.05) is 31.2 Å². The molecule has 116 valence electrons. The summed E-state index contributed by atoms with van der Waals surface area (Å²) in [6.45, 7) is 3.19. The number of benzene rings is 1. The van der Waals surface area contributed by atoms with E-state index in [9.17, 15) is 4.79 Å². The maximum absolute atomic E-state index is 12.0. The van der Waals surface area contributed by atoms with E-state index >= 15 is 0 Å². The molecule has 4 nitrogen and oxygen atoms in total. The van der Waals surface area contributed by atoms with Crippen molar-refractivity contribution in [1.82, 2.24) is 10.6 Å². The third-order valence-corrected chi connectivity index (χ3v) is 4.84. The molecular weight excluding hydrogens is 320 g/mol. The van der Waals surface area contributed by atoms with Crippen LogP contribution in [0.2, 0.25) is 4.34 Å². The minimum atomic E-state index is -0.186. The van der Waals surface area contributed by atoms with Crippen LogP contribution in [0.25, 0.3) is 0 Å². The molecule has 0 fully saturated rings. The molecule has 1 aliphatic rings. The van der Waals surface area contributed by atoms with E-state index in [1.165, 1.54) is 16.9 Å². The Morgan fingerprint density at radius 2 is 2.27 bits per heavy atom. The summed E-state index contributed by atoms with van der Waals surface area (Å²) in [7, 11) is 0. The molecule has 0 aliphatic carbocycles. The van der Waals surface area contributed by atoms with Crippen molar-refractivity contribution in [3.05, 3.63) is 50.7 Å². The van der Waals surface area contributed by atoms with Crippen LogP contribution in [0.4, 0.5) is 4.79 Å². The predicted molar refractivity (Wildman–Crippen MR) is 88.8 cm³/mol. The SMILES string of the molecule is C[C@H](NC(=O)NCc1ccc(Cl)s1)c1ccc2c(c1)CCO2. The standard InChI is InChI=1S/C16H17ClN2O2S/c1-10(11-2-4-14-12(8-11)6-7-21-14)19-16(20)18-9-13-3-5-15(17)22-13/h2-5,8,10H,6-7,9H2,1H3,(H2,18,19,20)/t10-/m0/s1. The van der Waals surface area contributed by atoms with Crippen molar-refractivity contribution in [2.45, 2.75) is 25.9 Å². The van der Waals surface area contributed by atoms with Gasteiger partial charge in [0, 0.05) is 11.3 Å². The summed E-state index contributed by atoms with van der Waals surface area (Å²) in [5.41, 5.74) is 2.29. The number of thiophene rings is 1. The van der Waals surface area contributed by atoms with E-state index < -0.39 is 0 Å². The van der Waals surface area contributed by atoms with Gasteiger partial charge in [0.2, 0.25) is 0 Å². The summed E-state index contributed by atoms with van der Waals surface area (Å²) in [6.07, 6.45) is 0.932. The quantitative estimate of drug-likeness (QED) is 0.889. The van der Waals surface area contributed by atoms with Gasteiger partial charge in [-0.05, 0) is 42.3 Å². The first-order chi connectivity index (χ1) is 10.6. The van der Waals surface area contributed by atoms with Crippen LogP contribution in [0, 0.1) is 0 Å². The molecule has 0 unspecified atom stereocenters. The molecule has 0 radical (unpaired) electrons. The van der Waals surface area contributed by atoms with Gasteiger partial charge in [-0.3, -0.25) is 0 Å². The Hall–Kier alpha value is -1.72. The zero-order valence-corrected chi connectivity index (χ0v) is 13.8. The average molecular weight is 337 g/mol. The number of urea groups is 1. The molecule has 1 aromatic heterocycles. The molecule has 0 bridgehead atoms. The number of hydrogen-bond acceptors (Lipinski definition) is 3. The number of carbonyl (C=O) groups is 1. The van der Waals surface area contributed by atoms with Crippen LogP contribution in [0.15, 0.2) is 30.3 Å². The molecule has 1 aromatic carbocycles. The molecule has 1 aliphatic heterocycles. The smallest absolute Gasteiger partial charge is 0.315 e. The van der Waals surface area contributed by atoms with E-state index in [0.717, 1.165) is 33.6 Å². The van der Waals surface area contributed by atoms with Gasteiger partial charge < -0.3 is 15.4 Å². The van der Waals surface area contributed by atoms with E-state index in [2.05, 4.69) is 16.7 Å². The van der Waals surface area contributed by atoms with Gasteiger partial charge in [-0.1, -0.05) is 17.7 Å². The highest BCUT2D eigenvalue weighted by molar-refractivity contribution is 7.16. The van der Waals surface area contributed by atoms with E-state index in [0.29, 0.717) is 6.54 Å². The number of nitrogens with one attached hydrogen (secondary N) is 2. The molecule has 0 saturated carbocycles. The molecule has 0 saturated heterocycles. The van der Waals surface area contributed by atoms with Gasteiger partial charge in [-0.15, -0.1) is 11.3 Å². The van der Waals surface area contributed by atoms with Gasteiger partial charge in [0.1, 0.15) is 5.75 Å². The monoisotopic (exact) mass is 336 g/mol. The molecule has 2 aromatic rings. The van der Waals surface area contributed by atoms with Gasteiger partial charge in [0.15, 0.2) is 0 Å². The minimum absolute atomic E-state index is 0.0576. The van der Waals surface area contributed by atoms with E-state index in [-0.39, 0.29) is 12.1 Å². The molecule has 6 heteroatoms. The molecule has 0 spiro atoms. The number of carbonyl (C=O) groups excluding carboxylic acids is 1. The van der Waals surface area contributed by atoms with Crippen molar-refractivity contribution >= 4 is 29.0 Å². The first-order valence-corrected chi connectivity index (χ1v) is 8.35. The number of hydrogen-bond donors (Lipinski definition) is 2. The lowest BCUT2D eigenvalue weighted by atomic mass is 10.0. The van der Waals surface area contributed by atoms with Crippen LogP contribution in [-0.2, 0) is 13.0 Å². The van der Waals surface area contributed by atoms with Crippen LogP contribution in [0.3, 0.4) is 0 Å². The summed E-state index contributed by atoms with van der Waals surface area (Å²) in [4.78, 5) is 13.0. The molecule has 2 N–H and O–H groups in total. The summed E-state index contributed by atoms with van der Waals surface area (Å²) in [5, 5.41) is 5.79. The Morgan fingerprint density at radius 1 is 1.41 bits per heavy atom. The number of halogens is 1. The van der Waals surface area contributed by atoms with Crippen molar-refractivity contribution < 1.29 is 9.53 Å². The highest BCUT2D eigenvalue weighted by Crippen LogP contribution is 2.28. The lowest BCUT2D eigenvalue weighted by Gasteiger charge is -2.15. The number of rotatable bonds is 4. The zero-order chi connectivity index (χ0) is 15.5. The second kappa shape index (κ2) is 6.58. The van der Waals surface area contributed by atoms with Crippen LogP contribution in [0.1, 0.15) is 29.0 Å². The molecule has 1 atom stereocenters. The maximum atomic E-state index is 12.0. The lowest BCUT2D eigenvalue weighted by Crippen LogP contribution is -2.36. The van der Waals surface area contributed by atoms with Crippen LogP contribution < -0.4 is 15.4 Å². The molecular formula is C16H17ClN2O2S. The largest absolute Gasteiger partial charge is 0.493 e. The summed E-state index contributed by atoms with van der Waals surface area (Å²) in [5.74, 6) is 0.954. The van der Waals surface area contributed by atoms with Crippen molar-refractivity contribution in [3.63, 3.8) is 0 Å². The summed E-state index contributed by atoms with van der Waals surface area (Å²) < 4.78 is 6.22. The van der Waals surface area contributed by atoms with Gasteiger partial charge >= 0.3 is 6.03 Å². The van der Waals surface area contributed by atoms with Gasteiger partial charge in [0.05, 0.1) is 23.5 Å². The van der Waals surface area contributed by atoms with Gasteiger partial charge in [-0.25, -0.2) is 4.79 Å². The predicted octanol–water partition coefficient (Wildman–Crippen LogP) is 3.90. The molecule has 2 amide bonds. The second-order valence-corrected chi connectivity index (χ2v) is 7.02. The summed E-state index contributed by atoms with van der Waals surface area (Å²) in [6, 6.07) is 9.57.